The molecule has 0 unspecified atom stereocenters. The number of aliphatic hydroxyl groups excluding tert-OH is 9. The lowest BCUT2D eigenvalue weighted by Gasteiger charge is -2.50. The summed E-state index contributed by atoms with van der Waals surface area (Å²) in [6, 6.07) is -3.10. The summed E-state index contributed by atoms with van der Waals surface area (Å²) >= 11 is 0. The van der Waals surface area contributed by atoms with Crippen LogP contribution < -0.4 is 10.6 Å². The lowest BCUT2D eigenvalue weighted by Crippen LogP contribution is -2.71. The third-order valence-corrected chi connectivity index (χ3v) is 8.14. The molecule has 3 aliphatic heterocycles. The summed E-state index contributed by atoms with van der Waals surface area (Å²) in [5.74, 6) is -7.39. The Balaban J connectivity index is 1.96. The Morgan fingerprint density at radius 2 is 1.43 bits per heavy atom. The molecule has 22 heteroatoms. The number of carboxylic acid groups (broad SMARTS) is 1. The zero-order valence-corrected chi connectivity index (χ0v) is 26.5. The molecule has 3 heterocycles. The van der Waals surface area contributed by atoms with Gasteiger partial charge in [-0.05, 0) is 0 Å². The predicted molar refractivity (Wildman–Crippen MR) is 151 cm³/mol. The highest BCUT2D eigenvalue weighted by atomic mass is 16.8. The normalized spacial score (nSPS) is 40.9. The molecule has 0 bridgehead atoms. The van der Waals surface area contributed by atoms with E-state index in [9.17, 15) is 70.2 Å². The van der Waals surface area contributed by atoms with Crippen LogP contribution >= 0.6 is 0 Å². The average molecular weight is 717 g/mol. The van der Waals surface area contributed by atoms with Crippen molar-refractivity contribution in [3.05, 3.63) is 0 Å². The molecule has 3 fully saturated rings. The van der Waals surface area contributed by atoms with Crippen LogP contribution in [0.3, 0.4) is 0 Å². The Hall–Kier alpha value is -2.68. The molecular weight excluding hydrogens is 672 g/mol. The summed E-state index contributed by atoms with van der Waals surface area (Å²) in [6.45, 7) is 0.408. The highest BCUT2D eigenvalue weighted by molar-refractivity contribution is 5.76. The van der Waals surface area contributed by atoms with E-state index in [1.165, 1.54) is 0 Å². The first-order valence-electron chi connectivity index (χ1n) is 15.1. The Morgan fingerprint density at radius 3 is 1.96 bits per heavy atom. The van der Waals surface area contributed by atoms with Gasteiger partial charge in [0, 0.05) is 27.2 Å². The third-order valence-electron chi connectivity index (χ3n) is 8.14. The molecule has 3 saturated heterocycles. The van der Waals surface area contributed by atoms with E-state index in [1.807, 2.05) is 0 Å². The second-order valence-corrected chi connectivity index (χ2v) is 11.9. The number of hydrogen-bond donors (Lipinski definition) is 12. The van der Waals surface area contributed by atoms with Crippen molar-refractivity contribution in [1.82, 2.24) is 10.6 Å². The van der Waals surface area contributed by atoms with Gasteiger partial charge in [0.1, 0.15) is 73.7 Å². The maximum Gasteiger partial charge on any atom is 0.364 e. The lowest BCUT2D eigenvalue weighted by atomic mass is 9.88. The van der Waals surface area contributed by atoms with Crippen LogP contribution in [0.2, 0.25) is 0 Å². The fourth-order valence-electron chi connectivity index (χ4n) is 5.76. The van der Waals surface area contributed by atoms with Gasteiger partial charge < -0.3 is 90.1 Å². The molecular formula is C27H44N2O20. The van der Waals surface area contributed by atoms with Crippen LogP contribution in [0.15, 0.2) is 0 Å². The van der Waals surface area contributed by atoms with Crippen molar-refractivity contribution in [2.45, 2.75) is 125 Å². The van der Waals surface area contributed by atoms with E-state index in [4.69, 9.17) is 23.7 Å². The van der Waals surface area contributed by atoms with E-state index in [-0.39, 0.29) is 0 Å². The van der Waals surface area contributed by atoms with Crippen molar-refractivity contribution in [3.63, 3.8) is 0 Å². The van der Waals surface area contributed by atoms with E-state index in [0.717, 1.165) is 20.8 Å². The summed E-state index contributed by atoms with van der Waals surface area (Å²) < 4.78 is 32.2. The Kier molecular flexibility index (Phi) is 14.2. The molecule has 49 heavy (non-hydrogen) atoms. The molecule has 12 N–H and O–H groups in total. The molecule has 0 saturated carbocycles. The van der Waals surface area contributed by atoms with Crippen molar-refractivity contribution in [3.8, 4) is 0 Å². The minimum absolute atomic E-state index is 0.699. The first-order chi connectivity index (χ1) is 22.9. The van der Waals surface area contributed by atoms with Gasteiger partial charge in [0.15, 0.2) is 12.6 Å². The largest absolute Gasteiger partial charge is 0.477 e. The SMILES string of the molecule is CC(=O)N[C@@H]1[C@@H](O)[C@H](O[C@@H]2O[C@H](CO)[C@H](O)[C@H](O[C@]3(C(=O)O)C[C@H](O)[C@@H](NC(C)=O)[C@H]([C@H](O)[C@H](O)COC(C)=O)O3)[C@H]2O)[C@@H](CO)O[C@H]1O. The number of esters is 1. The minimum atomic E-state index is -3.07. The van der Waals surface area contributed by atoms with Gasteiger partial charge in [-0.25, -0.2) is 4.79 Å². The number of hydrogen-bond acceptors (Lipinski definition) is 19. The van der Waals surface area contributed by atoms with Crippen LogP contribution in [0.5, 0.6) is 0 Å². The molecule has 2 amide bonds. The number of aliphatic carboxylic acids is 1. The number of rotatable bonds is 13. The zero-order chi connectivity index (χ0) is 37.0. The number of amides is 2. The summed E-state index contributed by atoms with van der Waals surface area (Å²) in [4.78, 5) is 47.5. The van der Waals surface area contributed by atoms with Crippen molar-refractivity contribution in [2.75, 3.05) is 19.8 Å². The van der Waals surface area contributed by atoms with E-state index >= 15 is 0 Å². The molecule has 0 aromatic carbocycles. The molecule has 3 aliphatic rings. The van der Waals surface area contributed by atoms with Crippen LogP contribution in [0.4, 0.5) is 0 Å². The smallest absolute Gasteiger partial charge is 0.364 e. The topological polar surface area (TPSA) is 350 Å². The fraction of sp³-hybridized carbons (Fsp3) is 0.852. The van der Waals surface area contributed by atoms with Gasteiger partial charge in [-0.2, -0.15) is 0 Å². The van der Waals surface area contributed by atoms with Gasteiger partial charge in [0.05, 0.1) is 25.4 Å². The number of carbonyl (C=O) groups is 4. The van der Waals surface area contributed by atoms with Gasteiger partial charge in [0.2, 0.25) is 11.8 Å². The Labute approximate surface area is 278 Å². The maximum absolute atomic E-state index is 12.7. The minimum Gasteiger partial charge on any atom is -0.477 e. The average Bonchev–Trinajstić information content (AvgIpc) is 3.02. The first kappa shape index (κ1) is 40.7. The molecule has 3 rings (SSSR count). The van der Waals surface area contributed by atoms with E-state index in [1.54, 1.807) is 0 Å². The van der Waals surface area contributed by atoms with Crippen molar-refractivity contribution in [2.24, 2.45) is 0 Å². The monoisotopic (exact) mass is 716 g/mol. The van der Waals surface area contributed by atoms with Crippen LogP contribution in [-0.2, 0) is 47.6 Å². The number of carboxylic acids is 1. The van der Waals surface area contributed by atoms with Crippen LogP contribution in [0.1, 0.15) is 27.2 Å². The Morgan fingerprint density at radius 1 is 0.837 bits per heavy atom. The second-order valence-electron chi connectivity index (χ2n) is 11.9. The quantitative estimate of drug-likeness (QED) is 0.0787. The van der Waals surface area contributed by atoms with Crippen LogP contribution in [0, 0.1) is 0 Å². The van der Waals surface area contributed by atoms with Crippen LogP contribution in [0.25, 0.3) is 0 Å². The summed E-state index contributed by atoms with van der Waals surface area (Å²) in [7, 11) is 0. The van der Waals surface area contributed by atoms with E-state index < -0.39 is 148 Å². The van der Waals surface area contributed by atoms with Gasteiger partial charge >= 0.3 is 11.9 Å². The van der Waals surface area contributed by atoms with E-state index in [2.05, 4.69) is 15.4 Å². The van der Waals surface area contributed by atoms with Gasteiger partial charge in [-0.3, -0.25) is 14.4 Å². The summed E-state index contributed by atoms with van der Waals surface area (Å²) in [5.41, 5.74) is 0. The molecule has 0 aliphatic carbocycles. The zero-order valence-electron chi connectivity index (χ0n) is 26.5. The third kappa shape index (κ3) is 9.36. The van der Waals surface area contributed by atoms with Crippen LogP contribution in [-0.4, -0.2) is 192 Å². The predicted octanol–water partition coefficient (Wildman–Crippen LogP) is -7.51. The fourth-order valence-corrected chi connectivity index (χ4v) is 5.76. The number of carbonyl (C=O) groups excluding carboxylic acids is 3. The number of nitrogens with one attached hydrogen (secondary N) is 2. The van der Waals surface area contributed by atoms with Gasteiger partial charge in [0.25, 0.3) is 5.79 Å². The second kappa shape index (κ2) is 17.0. The maximum atomic E-state index is 12.7. The van der Waals surface area contributed by atoms with Gasteiger partial charge in [-0.1, -0.05) is 0 Å². The molecule has 0 spiro atoms. The highest BCUT2D eigenvalue weighted by Gasteiger charge is 2.60. The molecule has 0 radical (unpaired) electrons. The number of ether oxygens (including phenoxy) is 6. The molecule has 0 aromatic heterocycles. The lowest BCUT2D eigenvalue weighted by molar-refractivity contribution is -0.382. The molecule has 0 aromatic rings. The first-order valence-corrected chi connectivity index (χ1v) is 15.1. The van der Waals surface area contributed by atoms with E-state index in [0.29, 0.717) is 0 Å². The van der Waals surface area contributed by atoms with Crippen molar-refractivity contribution >= 4 is 23.8 Å². The molecule has 22 nitrogen and oxygen atoms in total. The molecule has 16 atom stereocenters. The van der Waals surface area contributed by atoms with Crippen molar-refractivity contribution < 1.29 is 98.7 Å². The molecule has 282 valence electrons. The summed E-state index contributed by atoms with van der Waals surface area (Å²) in [5, 5.41) is 110. The number of aliphatic hydroxyl groups is 9. The van der Waals surface area contributed by atoms with Gasteiger partial charge in [-0.15, -0.1) is 0 Å². The standard InChI is InChI=1S/C27H44N2O20/c1-8(32)28-15-11(35)4-27(26(42)43,48-22(15)17(37)12(36)7-44-10(3)34)49-23-18(38)13(5-30)46-25(20(23)40)47-21-14(6-31)45-24(41)16(19(21)39)29-9(2)33/h11-25,30-31,35-41H,4-7H2,1-3H3,(H,28,32)(H,29,33)(H,42,43)/t11-,12+,13+,14+,15+,16+,17+,18-,19+,20+,21+,22+,23-,24+,25-,27-/m0/s1. The summed E-state index contributed by atoms with van der Waals surface area (Å²) in [6.07, 6.45) is -26.0. The highest BCUT2D eigenvalue weighted by Crippen LogP contribution is 2.38. The van der Waals surface area contributed by atoms with Crippen molar-refractivity contribution in [1.29, 1.82) is 0 Å². The Bertz CT molecular complexity index is 1160.